The number of pyridine rings is 1. The first-order chi connectivity index (χ1) is 16.6. The van der Waals surface area contributed by atoms with Crippen molar-refractivity contribution >= 4 is 33.5 Å². The van der Waals surface area contributed by atoms with Crippen LogP contribution in [0.2, 0.25) is 0 Å². The fourth-order valence-electron chi connectivity index (χ4n) is 4.19. The Morgan fingerprint density at radius 3 is 2.62 bits per heavy atom. The lowest BCUT2D eigenvalue weighted by molar-refractivity contribution is 0.0908. The van der Waals surface area contributed by atoms with Gasteiger partial charge in [0.25, 0.3) is 11.8 Å². The van der Waals surface area contributed by atoms with E-state index in [1.54, 1.807) is 24.5 Å². The summed E-state index contributed by atoms with van der Waals surface area (Å²) >= 11 is 0. The summed E-state index contributed by atoms with van der Waals surface area (Å²) in [5.41, 5.74) is 3.75. The number of rotatable bonds is 6. The first kappa shape index (κ1) is 21.4. The molecular formula is C28H24N4O2. The summed E-state index contributed by atoms with van der Waals surface area (Å²) in [5.74, 6) is -0.423. The van der Waals surface area contributed by atoms with E-state index in [0.717, 1.165) is 32.8 Å². The summed E-state index contributed by atoms with van der Waals surface area (Å²) in [4.78, 5) is 33.4. The van der Waals surface area contributed by atoms with Gasteiger partial charge >= 0.3 is 0 Å². The van der Waals surface area contributed by atoms with E-state index in [1.807, 2.05) is 67.7 Å². The van der Waals surface area contributed by atoms with Crippen LogP contribution < -0.4 is 10.6 Å². The number of aromatic amines is 1. The maximum atomic E-state index is 13.1. The Bertz CT molecular complexity index is 1500. The zero-order valence-corrected chi connectivity index (χ0v) is 18.7. The molecule has 0 bridgehead atoms. The fraction of sp³-hybridized carbons (Fsp3) is 0.107. The highest BCUT2D eigenvalue weighted by atomic mass is 16.2. The molecule has 5 aromatic rings. The summed E-state index contributed by atoms with van der Waals surface area (Å²) in [5, 5.41) is 9.15. The maximum Gasteiger partial charge on any atom is 0.253 e. The highest BCUT2D eigenvalue weighted by molar-refractivity contribution is 6.06. The third-order valence-corrected chi connectivity index (χ3v) is 6.07. The van der Waals surface area contributed by atoms with Gasteiger partial charge in [0.05, 0.1) is 11.6 Å². The maximum absolute atomic E-state index is 13.1. The van der Waals surface area contributed by atoms with Gasteiger partial charge in [0.2, 0.25) is 0 Å². The van der Waals surface area contributed by atoms with Crippen molar-refractivity contribution < 1.29 is 9.59 Å². The molecule has 6 nitrogen and oxygen atoms in total. The SMILES string of the molecule is Cc1ccncc1C(=O)NC(CNC(=O)c1cccc2[nH]ccc12)c1ccc2ccccc2c1. The summed E-state index contributed by atoms with van der Waals surface area (Å²) in [6, 6.07) is 23.0. The number of benzene rings is 3. The number of carbonyl (C=O) groups is 2. The predicted molar refractivity (Wildman–Crippen MR) is 134 cm³/mol. The van der Waals surface area contributed by atoms with E-state index in [0.29, 0.717) is 11.1 Å². The smallest absolute Gasteiger partial charge is 0.253 e. The molecular weight excluding hydrogens is 424 g/mol. The van der Waals surface area contributed by atoms with Crippen molar-refractivity contribution in [2.45, 2.75) is 13.0 Å². The van der Waals surface area contributed by atoms with Gasteiger partial charge in [-0.25, -0.2) is 0 Å². The highest BCUT2D eigenvalue weighted by Gasteiger charge is 2.20. The number of aryl methyl sites for hydroxylation is 1. The van der Waals surface area contributed by atoms with Crippen LogP contribution in [-0.2, 0) is 0 Å². The van der Waals surface area contributed by atoms with E-state index >= 15 is 0 Å². The normalized spacial score (nSPS) is 11.9. The number of fused-ring (bicyclic) bond motifs is 2. The van der Waals surface area contributed by atoms with Crippen LogP contribution in [0.3, 0.4) is 0 Å². The lowest BCUT2D eigenvalue weighted by Gasteiger charge is -2.21. The van der Waals surface area contributed by atoms with Crippen molar-refractivity contribution in [3.05, 3.63) is 114 Å². The van der Waals surface area contributed by atoms with Crippen molar-refractivity contribution in [2.75, 3.05) is 6.54 Å². The molecule has 0 aliphatic carbocycles. The lowest BCUT2D eigenvalue weighted by atomic mass is 10.0. The Morgan fingerprint density at radius 1 is 0.912 bits per heavy atom. The van der Waals surface area contributed by atoms with Crippen LogP contribution in [0.4, 0.5) is 0 Å². The van der Waals surface area contributed by atoms with Crippen LogP contribution in [0.1, 0.15) is 37.9 Å². The predicted octanol–water partition coefficient (Wildman–Crippen LogP) is 4.93. The summed E-state index contributed by atoms with van der Waals surface area (Å²) < 4.78 is 0. The fourth-order valence-corrected chi connectivity index (χ4v) is 4.19. The average Bonchev–Trinajstić information content (AvgIpc) is 3.35. The topological polar surface area (TPSA) is 86.9 Å². The summed E-state index contributed by atoms with van der Waals surface area (Å²) in [6.45, 7) is 2.12. The van der Waals surface area contributed by atoms with Gasteiger partial charge in [-0.3, -0.25) is 14.6 Å². The zero-order valence-electron chi connectivity index (χ0n) is 18.7. The van der Waals surface area contributed by atoms with Gasteiger partial charge in [-0.2, -0.15) is 0 Å². The van der Waals surface area contributed by atoms with E-state index in [2.05, 4.69) is 26.7 Å². The number of nitrogens with one attached hydrogen (secondary N) is 3. The molecule has 1 unspecified atom stereocenters. The second-order valence-electron chi connectivity index (χ2n) is 8.28. The number of aromatic nitrogens is 2. The average molecular weight is 449 g/mol. The van der Waals surface area contributed by atoms with Crippen LogP contribution in [0.25, 0.3) is 21.7 Å². The van der Waals surface area contributed by atoms with E-state index < -0.39 is 6.04 Å². The number of nitrogens with zero attached hydrogens (tertiary/aromatic N) is 1. The largest absolute Gasteiger partial charge is 0.361 e. The molecule has 34 heavy (non-hydrogen) atoms. The minimum absolute atomic E-state index is 0.192. The van der Waals surface area contributed by atoms with Crippen LogP contribution in [0, 0.1) is 6.92 Å². The third-order valence-electron chi connectivity index (χ3n) is 6.07. The quantitative estimate of drug-likeness (QED) is 0.344. The number of H-pyrrole nitrogens is 1. The third kappa shape index (κ3) is 4.26. The van der Waals surface area contributed by atoms with E-state index in [9.17, 15) is 9.59 Å². The number of amides is 2. The molecule has 0 fully saturated rings. The molecule has 0 saturated heterocycles. The van der Waals surface area contributed by atoms with Gasteiger partial charge in [0.15, 0.2) is 0 Å². The van der Waals surface area contributed by atoms with Gasteiger partial charge in [-0.1, -0.05) is 42.5 Å². The molecule has 1 atom stereocenters. The number of hydrogen-bond donors (Lipinski definition) is 3. The molecule has 2 amide bonds. The minimum atomic E-state index is -0.425. The Labute approximate surface area is 197 Å². The minimum Gasteiger partial charge on any atom is -0.361 e. The second-order valence-corrected chi connectivity index (χ2v) is 8.28. The van der Waals surface area contributed by atoms with E-state index in [-0.39, 0.29) is 18.4 Å². The van der Waals surface area contributed by atoms with Gasteiger partial charge in [-0.05, 0) is 59.2 Å². The van der Waals surface area contributed by atoms with Crippen LogP contribution in [0.15, 0.2) is 91.4 Å². The Morgan fingerprint density at radius 2 is 1.76 bits per heavy atom. The Kier molecular flexibility index (Phi) is 5.79. The summed E-state index contributed by atoms with van der Waals surface area (Å²) in [6.07, 6.45) is 5.04. The molecule has 0 spiro atoms. The van der Waals surface area contributed by atoms with Crippen molar-refractivity contribution in [1.29, 1.82) is 0 Å². The molecule has 5 rings (SSSR count). The van der Waals surface area contributed by atoms with E-state index in [4.69, 9.17) is 0 Å². The first-order valence-electron chi connectivity index (χ1n) is 11.1. The molecule has 168 valence electrons. The van der Waals surface area contributed by atoms with Crippen LogP contribution >= 0.6 is 0 Å². The Balaban J connectivity index is 1.43. The molecule has 0 saturated carbocycles. The van der Waals surface area contributed by atoms with Gasteiger partial charge in [0.1, 0.15) is 0 Å². The molecule has 6 heteroatoms. The van der Waals surface area contributed by atoms with Crippen LogP contribution in [0.5, 0.6) is 0 Å². The van der Waals surface area contributed by atoms with Gasteiger partial charge < -0.3 is 15.6 Å². The molecule has 0 aliphatic heterocycles. The molecule has 3 aromatic carbocycles. The van der Waals surface area contributed by atoms with Gasteiger partial charge in [0, 0.05) is 41.6 Å². The van der Waals surface area contributed by atoms with Crippen molar-refractivity contribution in [1.82, 2.24) is 20.6 Å². The van der Waals surface area contributed by atoms with Gasteiger partial charge in [-0.15, -0.1) is 0 Å². The zero-order chi connectivity index (χ0) is 23.5. The summed E-state index contributed by atoms with van der Waals surface area (Å²) in [7, 11) is 0. The molecule has 2 heterocycles. The standard InChI is InChI=1S/C28H24N4O2/c1-18-11-13-29-16-24(18)28(34)32-26(21-10-9-19-5-2-3-6-20(19)15-21)17-31-27(33)23-7-4-8-25-22(23)12-14-30-25/h2-16,26,30H,17H2,1H3,(H,31,33)(H,32,34). The van der Waals surface area contributed by atoms with Crippen LogP contribution in [-0.4, -0.2) is 28.3 Å². The second kappa shape index (κ2) is 9.19. The van der Waals surface area contributed by atoms with E-state index in [1.165, 1.54) is 0 Å². The van der Waals surface area contributed by atoms with Crippen molar-refractivity contribution in [3.63, 3.8) is 0 Å². The molecule has 2 aromatic heterocycles. The molecule has 3 N–H and O–H groups in total. The number of hydrogen-bond acceptors (Lipinski definition) is 3. The molecule has 0 radical (unpaired) electrons. The lowest BCUT2D eigenvalue weighted by Crippen LogP contribution is -2.38. The Hall–Kier alpha value is -4.45. The number of carbonyl (C=O) groups excluding carboxylic acids is 2. The van der Waals surface area contributed by atoms with Crippen molar-refractivity contribution in [2.24, 2.45) is 0 Å². The molecule has 0 aliphatic rings. The highest BCUT2D eigenvalue weighted by Crippen LogP contribution is 2.22. The first-order valence-corrected chi connectivity index (χ1v) is 11.1. The monoisotopic (exact) mass is 448 g/mol. The van der Waals surface area contributed by atoms with Crippen molar-refractivity contribution in [3.8, 4) is 0 Å².